The van der Waals surface area contributed by atoms with E-state index >= 15 is 0 Å². The summed E-state index contributed by atoms with van der Waals surface area (Å²) in [5, 5.41) is 15.1. The Morgan fingerprint density at radius 1 is 1.16 bits per heavy atom. The number of nitrogens with zero attached hydrogens (tertiary/aromatic N) is 8. The molecular weight excluding hydrogens is 410 g/mol. The summed E-state index contributed by atoms with van der Waals surface area (Å²) < 4.78 is 2.19. The van der Waals surface area contributed by atoms with Gasteiger partial charge in [0.2, 0.25) is 5.95 Å². The Bertz CT molecular complexity index is 1280. The van der Waals surface area contributed by atoms with Crippen molar-refractivity contribution in [1.29, 1.82) is 0 Å². The van der Waals surface area contributed by atoms with Crippen molar-refractivity contribution >= 4 is 33.3 Å². The maximum atomic E-state index is 4.89. The van der Waals surface area contributed by atoms with Gasteiger partial charge in [-0.25, -0.2) is 15.0 Å². The number of aromatic nitrogens is 7. The minimum atomic E-state index is 0.316. The molecule has 0 saturated carbocycles. The molecule has 31 heavy (non-hydrogen) atoms. The van der Waals surface area contributed by atoms with E-state index in [1.807, 2.05) is 6.20 Å². The maximum Gasteiger partial charge on any atom is 0.226 e. The molecule has 1 N–H and O–H groups in total. The van der Waals surface area contributed by atoms with Gasteiger partial charge in [-0.3, -0.25) is 0 Å². The van der Waals surface area contributed by atoms with Gasteiger partial charge in [-0.1, -0.05) is 13.8 Å². The lowest BCUT2D eigenvalue weighted by Crippen LogP contribution is -2.18. The van der Waals surface area contributed by atoms with Crippen LogP contribution >= 0.6 is 11.3 Å². The smallest absolute Gasteiger partial charge is 0.226 e. The van der Waals surface area contributed by atoms with Crippen molar-refractivity contribution in [3.63, 3.8) is 0 Å². The highest BCUT2D eigenvalue weighted by Gasteiger charge is 2.26. The zero-order valence-corrected chi connectivity index (χ0v) is 18.4. The number of anilines is 2. The van der Waals surface area contributed by atoms with E-state index < -0.39 is 0 Å². The lowest BCUT2D eigenvalue weighted by atomic mass is 10.2. The molecule has 6 heterocycles. The molecule has 0 spiro atoms. The van der Waals surface area contributed by atoms with E-state index in [2.05, 4.69) is 55.3 Å². The molecule has 0 radical (unpaired) electrons. The topological polar surface area (TPSA) is 97.5 Å². The van der Waals surface area contributed by atoms with E-state index in [9.17, 15) is 0 Å². The molecule has 0 atom stereocenters. The van der Waals surface area contributed by atoms with E-state index in [1.165, 1.54) is 5.56 Å². The van der Waals surface area contributed by atoms with Crippen LogP contribution in [0.25, 0.3) is 10.2 Å². The largest absolute Gasteiger partial charge is 0.347 e. The molecule has 0 saturated heterocycles. The first-order valence-electron chi connectivity index (χ1n) is 10.7. The van der Waals surface area contributed by atoms with Gasteiger partial charge in [0, 0.05) is 37.2 Å². The van der Waals surface area contributed by atoms with Crippen molar-refractivity contribution in [3.8, 4) is 0 Å². The molecule has 0 unspecified atom stereocenters. The highest BCUT2D eigenvalue weighted by Crippen LogP contribution is 2.34. The van der Waals surface area contributed by atoms with Crippen LogP contribution in [0.2, 0.25) is 0 Å². The monoisotopic (exact) mass is 433 g/mol. The van der Waals surface area contributed by atoms with Gasteiger partial charge in [0.05, 0.1) is 24.2 Å². The fourth-order valence-corrected chi connectivity index (χ4v) is 5.01. The molecule has 0 aliphatic carbocycles. The quantitative estimate of drug-likeness (QED) is 0.512. The van der Waals surface area contributed by atoms with Crippen molar-refractivity contribution < 1.29 is 0 Å². The third-order valence-corrected chi connectivity index (χ3v) is 6.69. The normalized spacial score (nSPS) is 15.1. The average molecular weight is 434 g/mol. The third kappa shape index (κ3) is 3.21. The number of fused-ring (bicyclic) bond motifs is 3. The predicted octanol–water partition coefficient (Wildman–Crippen LogP) is 3.27. The Hall–Kier alpha value is -3.14. The highest BCUT2D eigenvalue weighted by atomic mass is 32.1. The van der Waals surface area contributed by atoms with Crippen LogP contribution in [0, 0.1) is 0 Å². The summed E-state index contributed by atoms with van der Waals surface area (Å²) in [6.07, 6.45) is 4.11. The van der Waals surface area contributed by atoms with Gasteiger partial charge in [-0.15, -0.1) is 21.5 Å². The number of aryl methyl sites for hydroxylation is 1. The van der Waals surface area contributed by atoms with E-state index in [-0.39, 0.29) is 0 Å². The van der Waals surface area contributed by atoms with E-state index in [0.29, 0.717) is 18.4 Å². The van der Waals surface area contributed by atoms with Crippen LogP contribution in [-0.2, 0) is 32.6 Å². The molecule has 0 aromatic carbocycles. The molecule has 0 amide bonds. The first-order chi connectivity index (χ1) is 15.2. The molecule has 0 bridgehead atoms. The molecule has 4 aromatic rings. The first kappa shape index (κ1) is 18.6. The summed E-state index contributed by atoms with van der Waals surface area (Å²) >= 11 is 1.63. The molecule has 158 valence electrons. The Labute approximate surface area is 183 Å². The van der Waals surface area contributed by atoms with Crippen LogP contribution in [0.1, 0.15) is 54.9 Å². The van der Waals surface area contributed by atoms with Gasteiger partial charge in [0.15, 0.2) is 5.82 Å². The summed E-state index contributed by atoms with van der Waals surface area (Å²) in [4.78, 5) is 22.2. The van der Waals surface area contributed by atoms with Crippen LogP contribution in [0.15, 0.2) is 17.6 Å². The summed E-state index contributed by atoms with van der Waals surface area (Å²) in [7, 11) is 0. The van der Waals surface area contributed by atoms with E-state index in [4.69, 9.17) is 15.0 Å². The van der Waals surface area contributed by atoms with Crippen LogP contribution in [-0.4, -0.2) is 34.7 Å². The van der Waals surface area contributed by atoms with Crippen molar-refractivity contribution in [1.82, 2.24) is 34.7 Å². The predicted molar refractivity (Wildman–Crippen MR) is 119 cm³/mol. The van der Waals surface area contributed by atoms with Crippen LogP contribution in [0.3, 0.4) is 0 Å². The number of hydrogen-bond acceptors (Lipinski definition) is 9. The number of nitrogens with one attached hydrogen (secondary N) is 1. The second-order valence-corrected chi connectivity index (χ2v) is 9.26. The fraction of sp³-hybridized carbons (Fsp3) is 0.429. The Morgan fingerprint density at radius 3 is 3.00 bits per heavy atom. The molecule has 10 heteroatoms. The highest BCUT2D eigenvalue weighted by molar-refractivity contribution is 7.16. The van der Waals surface area contributed by atoms with Gasteiger partial charge in [-0.05, 0) is 17.9 Å². The fourth-order valence-electron chi connectivity index (χ4n) is 4.26. The molecule has 2 aliphatic rings. The van der Waals surface area contributed by atoms with E-state index in [0.717, 1.165) is 71.7 Å². The molecular formula is C21H23N9S. The number of rotatable bonds is 5. The Balaban J connectivity index is 1.29. The van der Waals surface area contributed by atoms with Crippen molar-refractivity contribution in [2.24, 2.45) is 0 Å². The summed E-state index contributed by atoms with van der Waals surface area (Å²) in [6.45, 7) is 7.28. The van der Waals surface area contributed by atoms with Crippen molar-refractivity contribution in [2.75, 3.05) is 10.2 Å². The lowest BCUT2D eigenvalue weighted by molar-refractivity contribution is 0.694. The Kier molecular flexibility index (Phi) is 4.34. The average Bonchev–Trinajstić information content (AvgIpc) is 3.54. The third-order valence-electron chi connectivity index (χ3n) is 5.89. The van der Waals surface area contributed by atoms with Gasteiger partial charge < -0.3 is 14.8 Å². The van der Waals surface area contributed by atoms with E-state index in [1.54, 1.807) is 11.3 Å². The van der Waals surface area contributed by atoms with Gasteiger partial charge >= 0.3 is 0 Å². The van der Waals surface area contributed by atoms with Crippen molar-refractivity contribution in [2.45, 2.75) is 58.8 Å². The lowest BCUT2D eigenvalue weighted by Gasteiger charge is -2.18. The van der Waals surface area contributed by atoms with Crippen molar-refractivity contribution in [3.05, 3.63) is 46.4 Å². The standard InChI is InChI=1S/C21H23N9S/c1-12(2)18-22-8-13-10-29(11-15(13)24-18)19-14-5-7-31-20(14)26-21(25-19)23-9-17-28-27-16-4-3-6-30(16)17/h5,7-8,12H,3-4,6,9-11H2,1-2H3,(H,23,25,26). The van der Waals surface area contributed by atoms with Gasteiger partial charge in [0.25, 0.3) is 0 Å². The minimum absolute atomic E-state index is 0.316. The van der Waals surface area contributed by atoms with Gasteiger partial charge in [0.1, 0.15) is 22.3 Å². The first-order valence-corrected chi connectivity index (χ1v) is 11.5. The summed E-state index contributed by atoms with van der Waals surface area (Å²) in [5.74, 6) is 4.77. The molecule has 9 nitrogen and oxygen atoms in total. The van der Waals surface area contributed by atoms with Gasteiger partial charge in [-0.2, -0.15) is 4.98 Å². The molecule has 4 aromatic heterocycles. The second-order valence-electron chi connectivity index (χ2n) is 8.36. The number of thiophene rings is 1. The maximum absolute atomic E-state index is 4.89. The molecule has 0 fully saturated rings. The minimum Gasteiger partial charge on any atom is -0.347 e. The molecule has 6 rings (SSSR count). The summed E-state index contributed by atoms with van der Waals surface area (Å²) in [6, 6.07) is 2.10. The SMILES string of the molecule is CC(C)c1ncc2c(n1)CN(c1nc(NCc3nnc4n3CCC4)nc3sccc13)C2. The second kappa shape index (κ2) is 7.23. The van der Waals surface area contributed by atoms with Crippen LogP contribution in [0.4, 0.5) is 11.8 Å². The summed E-state index contributed by atoms with van der Waals surface area (Å²) in [5.41, 5.74) is 2.26. The van der Waals surface area contributed by atoms with Crippen LogP contribution < -0.4 is 10.2 Å². The zero-order valence-electron chi connectivity index (χ0n) is 17.5. The number of hydrogen-bond donors (Lipinski definition) is 1. The molecule has 2 aliphatic heterocycles. The van der Waals surface area contributed by atoms with Crippen LogP contribution in [0.5, 0.6) is 0 Å². The Morgan fingerprint density at radius 2 is 2.10 bits per heavy atom. The zero-order chi connectivity index (χ0) is 20.9.